The molecule has 6 heteroatoms. The second-order valence-electron chi connectivity index (χ2n) is 1.85. The maximum absolute atomic E-state index is 10.3. The van der Waals surface area contributed by atoms with E-state index in [1.165, 1.54) is 0 Å². The topological polar surface area (TPSA) is 107 Å². The van der Waals surface area contributed by atoms with E-state index in [0.29, 0.717) is 0 Å². The van der Waals surface area contributed by atoms with E-state index in [1.54, 1.807) is 0 Å². The molecule has 0 aromatic rings. The predicted octanol–water partition coefficient (Wildman–Crippen LogP) is -1.38. The van der Waals surface area contributed by atoms with Crippen LogP contribution in [0.4, 0.5) is 0 Å². The van der Waals surface area contributed by atoms with Gasteiger partial charge in [-0.25, -0.2) is 4.79 Å². The van der Waals surface area contributed by atoms with Crippen LogP contribution in [0.15, 0.2) is 11.8 Å². The van der Waals surface area contributed by atoms with Crippen molar-refractivity contribution < 1.29 is 24.9 Å². The highest BCUT2D eigenvalue weighted by Crippen LogP contribution is 1.87. The minimum absolute atomic E-state index is 0.320. The molecular formula is C6H9NO5. The van der Waals surface area contributed by atoms with Crippen LogP contribution in [-0.4, -0.2) is 40.4 Å². The average molecular weight is 175 g/mol. The van der Waals surface area contributed by atoms with Crippen molar-refractivity contribution in [2.75, 3.05) is 13.2 Å². The van der Waals surface area contributed by atoms with Crippen LogP contribution < -0.4 is 5.32 Å². The van der Waals surface area contributed by atoms with E-state index in [2.05, 4.69) is 5.32 Å². The van der Waals surface area contributed by atoms with Gasteiger partial charge >= 0.3 is 11.9 Å². The lowest BCUT2D eigenvalue weighted by molar-refractivity contribution is -0.136. The summed E-state index contributed by atoms with van der Waals surface area (Å²) in [5, 5.41) is 27.0. The molecule has 6 nitrogen and oxygen atoms in total. The first-order valence-electron chi connectivity index (χ1n) is 3.08. The quantitative estimate of drug-likeness (QED) is 0.384. The Bertz CT molecular complexity index is 210. The molecule has 0 aliphatic heterocycles. The number of aliphatic hydroxyl groups excluding tert-OH is 1. The Morgan fingerprint density at radius 1 is 1.33 bits per heavy atom. The first-order valence-corrected chi connectivity index (χ1v) is 3.08. The molecule has 0 aromatic heterocycles. The number of carboxylic acids is 2. The summed E-state index contributed by atoms with van der Waals surface area (Å²) in [4.78, 5) is 20.3. The molecule has 0 spiro atoms. The van der Waals surface area contributed by atoms with E-state index >= 15 is 0 Å². The number of aliphatic hydroxyl groups is 1. The van der Waals surface area contributed by atoms with Crippen molar-refractivity contribution in [3.05, 3.63) is 11.8 Å². The zero-order chi connectivity index (χ0) is 9.56. The highest BCUT2D eigenvalue weighted by molar-refractivity contribution is 5.86. The molecular weight excluding hydrogens is 166 g/mol. The number of carbonyl (C=O) groups is 2. The van der Waals surface area contributed by atoms with Gasteiger partial charge in [0.25, 0.3) is 0 Å². The van der Waals surface area contributed by atoms with Crippen LogP contribution >= 0.6 is 0 Å². The maximum Gasteiger partial charge on any atom is 0.351 e. The summed E-state index contributed by atoms with van der Waals surface area (Å²) in [6.07, 6.45) is 0.977. The molecule has 0 fully saturated rings. The molecule has 0 rings (SSSR count). The molecule has 0 saturated heterocycles. The molecule has 0 radical (unpaired) electrons. The van der Waals surface area contributed by atoms with Crippen molar-refractivity contribution in [1.82, 2.24) is 5.32 Å². The van der Waals surface area contributed by atoms with Crippen molar-refractivity contribution in [2.24, 2.45) is 0 Å². The van der Waals surface area contributed by atoms with Crippen molar-refractivity contribution >= 4 is 11.9 Å². The highest BCUT2D eigenvalue weighted by atomic mass is 16.4. The predicted molar refractivity (Wildman–Crippen MR) is 38.4 cm³/mol. The number of hydrogen-bond donors (Lipinski definition) is 4. The van der Waals surface area contributed by atoms with E-state index in [4.69, 9.17) is 15.3 Å². The van der Waals surface area contributed by atoms with E-state index in [1.807, 2.05) is 0 Å². The summed E-state index contributed by atoms with van der Waals surface area (Å²) in [7, 11) is 0. The normalized spacial score (nSPS) is 10.9. The number of carboxylic acid groups (broad SMARTS) is 2. The van der Waals surface area contributed by atoms with Crippen molar-refractivity contribution in [3.8, 4) is 0 Å². The lowest BCUT2D eigenvalue weighted by Gasteiger charge is -2.02. The molecule has 0 saturated carbocycles. The summed E-state index contributed by atoms with van der Waals surface area (Å²) >= 11 is 0. The molecule has 68 valence electrons. The Hall–Kier alpha value is -1.56. The Morgan fingerprint density at radius 2 is 1.92 bits per heavy atom. The highest BCUT2D eigenvalue weighted by Gasteiger charge is 2.06. The summed E-state index contributed by atoms with van der Waals surface area (Å²) < 4.78 is 0. The van der Waals surface area contributed by atoms with Crippen molar-refractivity contribution in [2.45, 2.75) is 0 Å². The van der Waals surface area contributed by atoms with Gasteiger partial charge in [0.2, 0.25) is 0 Å². The second kappa shape index (κ2) is 5.14. The van der Waals surface area contributed by atoms with Crippen LogP contribution in [0, 0.1) is 0 Å². The van der Waals surface area contributed by atoms with Crippen molar-refractivity contribution in [1.29, 1.82) is 0 Å². The molecule has 0 amide bonds. The molecule has 0 unspecified atom stereocenters. The van der Waals surface area contributed by atoms with E-state index in [9.17, 15) is 9.59 Å². The maximum atomic E-state index is 10.3. The standard InChI is InChI=1S/C6H9NO5/c8-2-1-4(6(11)12)7-3-5(9)10/h1,7-8H,2-3H2,(H,9,10)(H,11,12). The third-order valence-electron chi connectivity index (χ3n) is 0.956. The summed E-state index contributed by atoms with van der Waals surface area (Å²) in [5.41, 5.74) is -0.320. The fourth-order valence-electron chi connectivity index (χ4n) is 0.497. The molecule has 0 atom stereocenters. The van der Waals surface area contributed by atoms with Gasteiger partial charge in [-0.1, -0.05) is 0 Å². The van der Waals surface area contributed by atoms with Crippen LogP contribution in [0.25, 0.3) is 0 Å². The average Bonchev–Trinajstić information content (AvgIpc) is 1.96. The number of aliphatic carboxylic acids is 2. The van der Waals surface area contributed by atoms with Gasteiger partial charge in [-0.05, 0) is 6.08 Å². The van der Waals surface area contributed by atoms with Gasteiger partial charge in [-0.3, -0.25) is 4.79 Å². The monoisotopic (exact) mass is 175 g/mol. The fraction of sp³-hybridized carbons (Fsp3) is 0.333. The zero-order valence-electron chi connectivity index (χ0n) is 6.15. The Balaban J connectivity index is 4.06. The largest absolute Gasteiger partial charge is 0.480 e. The SMILES string of the molecule is O=C(O)CNC(=CCO)C(=O)O. The van der Waals surface area contributed by atoms with E-state index in [-0.39, 0.29) is 5.70 Å². The Kier molecular flexibility index (Phi) is 4.47. The van der Waals surface area contributed by atoms with E-state index < -0.39 is 25.1 Å². The molecule has 0 heterocycles. The van der Waals surface area contributed by atoms with Gasteiger partial charge < -0.3 is 20.6 Å². The van der Waals surface area contributed by atoms with Gasteiger partial charge in [0.05, 0.1) is 6.61 Å². The minimum Gasteiger partial charge on any atom is -0.480 e. The third kappa shape index (κ3) is 4.29. The molecule has 0 aliphatic carbocycles. The zero-order valence-corrected chi connectivity index (χ0v) is 6.15. The lowest BCUT2D eigenvalue weighted by Crippen LogP contribution is -2.26. The van der Waals surface area contributed by atoms with Gasteiger partial charge in [-0.15, -0.1) is 0 Å². The van der Waals surface area contributed by atoms with Crippen LogP contribution in [-0.2, 0) is 9.59 Å². The molecule has 0 aliphatic rings. The first kappa shape index (κ1) is 10.4. The Morgan fingerprint density at radius 3 is 2.25 bits per heavy atom. The molecule has 0 bridgehead atoms. The summed E-state index contributed by atoms with van der Waals surface area (Å²) in [6, 6.07) is 0. The Labute approximate surface area is 68.1 Å². The molecule has 12 heavy (non-hydrogen) atoms. The molecule has 4 N–H and O–H groups in total. The van der Waals surface area contributed by atoms with Gasteiger partial charge in [-0.2, -0.15) is 0 Å². The van der Waals surface area contributed by atoms with Crippen LogP contribution in [0.3, 0.4) is 0 Å². The minimum atomic E-state index is -1.30. The first-order chi connectivity index (χ1) is 5.57. The fourth-order valence-corrected chi connectivity index (χ4v) is 0.497. The third-order valence-corrected chi connectivity index (χ3v) is 0.956. The number of rotatable bonds is 5. The van der Waals surface area contributed by atoms with Gasteiger partial charge in [0.15, 0.2) is 0 Å². The van der Waals surface area contributed by atoms with Gasteiger partial charge in [0, 0.05) is 0 Å². The van der Waals surface area contributed by atoms with E-state index in [0.717, 1.165) is 6.08 Å². The lowest BCUT2D eigenvalue weighted by atomic mass is 10.4. The van der Waals surface area contributed by atoms with Crippen LogP contribution in [0.5, 0.6) is 0 Å². The number of hydrogen-bond acceptors (Lipinski definition) is 4. The van der Waals surface area contributed by atoms with Gasteiger partial charge in [0.1, 0.15) is 12.2 Å². The molecule has 0 aromatic carbocycles. The van der Waals surface area contributed by atoms with Crippen LogP contribution in [0.2, 0.25) is 0 Å². The summed E-state index contributed by atoms with van der Waals surface area (Å²) in [5.74, 6) is -2.47. The van der Waals surface area contributed by atoms with Crippen LogP contribution in [0.1, 0.15) is 0 Å². The number of nitrogens with one attached hydrogen (secondary N) is 1. The van der Waals surface area contributed by atoms with Crippen molar-refractivity contribution in [3.63, 3.8) is 0 Å². The summed E-state index contributed by atoms with van der Waals surface area (Å²) in [6.45, 7) is -0.938. The smallest absolute Gasteiger partial charge is 0.351 e. The second-order valence-corrected chi connectivity index (χ2v) is 1.85.